The van der Waals surface area contributed by atoms with E-state index in [0.29, 0.717) is 0 Å². The van der Waals surface area contributed by atoms with Gasteiger partial charge >= 0.3 is 5.97 Å². The summed E-state index contributed by atoms with van der Waals surface area (Å²) in [5, 5.41) is 9.15. The Labute approximate surface area is 128 Å². The molecule has 2 rings (SSSR count). The molecule has 0 bridgehead atoms. The first-order valence-electron chi connectivity index (χ1n) is 6.87. The van der Waals surface area contributed by atoms with E-state index in [-0.39, 0.29) is 12.6 Å². The second-order valence-corrected chi connectivity index (χ2v) is 6.38. The molecule has 4 nitrogen and oxygen atoms in total. The number of carbonyl (C=O) groups is 1. The molecule has 0 spiro atoms. The van der Waals surface area contributed by atoms with Crippen molar-refractivity contribution >= 4 is 21.9 Å². The van der Waals surface area contributed by atoms with E-state index in [1.165, 1.54) is 11.1 Å². The van der Waals surface area contributed by atoms with Crippen molar-refractivity contribution in [3.05, 3.63) is 33.8 Å². The monoisotopic (exact) mass is 340 g/mol. The van der Waals surface area contributed by atoms with Gasteiger partial charge in [0.25, 0.3) is 0 Å². The van der Waals surface area contributed by atoms with E-state index in [4.69, 9.17) is 5.11 Å². The zero-order valence-corrected chi connectivity index (χ0v) is 13.6. The van der Waals surface area contributed by atoms with Gasteiger partial charge in [0.1, 0.15) is 0 Å². The van der Waals surface area contributed by atoms with E-state index in [2.05, 4.69) is 37.9 Å². The number of rotatable bonds is 6. The summed E-state index contributed by atoms with van der Waals surface area (Å²) in [5.41, 5.74) is 2.61. The number of halogens is 1. The van der Waals surface area contributed by atoms with E-state index < -0.39 is 5.97 Å². The predicted molar refractivity (Wildman–Crippen MR) is 83.0 cm³/mol. The highest BCUT2D eigenvalue weighted by atomic mass is 79.9. The minimum absolute atomic E-state index is 0.102. The van der Waals surface area contributed by atoms with Gasteiger partial charge in [-0.15, -0.1) is 0 Å². The molecule has 0 fully saturated rings. The number of benzene rings is 1. The van der Waals surface area contributed by atoms with Gasteiger partial charge in [-0.05, 0) is 44.1 Å². The lowest BCUT2D eigenvalue weighted by molar-refractivity contribution is -0.139. The third kappa shape index (κ3) is 3.59. The van der Waals surface area contributed by atoms with Crippen molar-refractivity contribution in [1.82, 2.24) is 9.80 Å². The van der Waals surface area contributed by atoms with Crippen molar-refractivity contribution < 1.29 is 9.90 Å². The normalized spacial score (nSPS) is 17.8. The molecule has 110 valence electrons. The zero-order chi connectivity index (χ0) is 14.7. The number of hydrogen-bond acceptors (Lipinski definition) is 3. The first-order chi connectivity index (χ1) is 9.49. The number of likely N-dealkylation sites (N-methyl/N-ethyl adjacent to an activating group) is 1. The molecule has 0 saturated carbocycles. The minimum atomic E-state index is -0.757. The lowest BCUT2D eigenvalue weighted by Crippen LogP contribution is -2.37. The summed E-state index contributed by atoms with van der Waals surface area (Å²) in [5.74, 6) is -0.757. The van der Waals surface area contributed by atoms with Gasteiger partial charge < -0.3 is 10.0 Å². The van der Waals surface area contributed by atoms with E-state index in [1.807, 2.05) is 20.2 Å². The van der Waals surface area contributed by atoms with Gasteiger partial charge in [0.2, 0.25) is 0 Å². The Hall–Kier alpha value is -0.910. The van der Waals surface area contributed by atoms with Crippen molar-refractivity contribution in [2.45, 2.75) is 18.9 Å². The van der Waals surface area contributed by atoms with Crippen LogP contribution in [0.3, 0.4) is 0 Å². The highest BCUT2D eigenvalue weighted by molar-refractivity contribution is 9.10. The second-order valence-electron chi connectivity index (χ2n) is 5.53. The maximum Gasteiger partial charge on any atom is 0.317 e. The van der Waals surface area contributed by atoms with Crippen LogP contribution in [0.2, 0.25) is 0 Å². The van der Waals surface area contributed by atoms with Crippen LogP contribution in [0.5, 0.6) is 0 Å². The van der Waals surface area contributed by atoms with E-state index in [1.54, 1.807) is 0 Å². The van der Waals surface area contributed by atoms with E-state index >= 15 is 0 Å². The predicted octanol–water partition coefficient (Wildman–Crippen LogP) is 2.38. The van der Waals surface area contributed by atoms with Crippen molar-refractivity contribution in [2.24, 2.45) is 0 Å². The van der Waals surface area contributed by atoms with Crippen LogP contribution in [-0.4, -0.2) is 54.6 Å². The molecule has 0 aromatic heterocycles. The third-order valence-corrected chi connectivity index (χ3v) is 4.54. The first kappa shape index (κ1) is 15.5. The van der Waals surface area contributed by atoms with Crippen molar-refractivity contribution in [3.63, 3.8) is 0 Å². The highest BCUT2D eigenvalue weighted by Gasteiger charge is 2.29. The smallest absolute Gasteiger partial charge is 0.317 e. The van der Waals surface area contributed by atoms with Crippen molar-refractivity contribution in [2.75, 3.05) is 33.7 Å². The summed E-state index contributed by atoms with van der Waals surface area (Å²) in [6, 6.07) is 6.44. The van der Waals surface area contributed by atoms with Crippen LogP contribution < -0.4 is 0 Å². The quantitative estimate of drug-likeness (QED) is 0.863. The van der Waals surface area contributed by atoms with Crippen LogP contribution >= 0.6 is 15.9 Å². The summed E-state index contributed by atoms with van der Waals surface area (Å²) in [7, 11) is 4.02. The topological polar surface area (TPSA) is 43.8 Å². The lowest BCUT2D eigenvalue weighted by atomic mass is 10.1. The fraction of sp³-hybridized carbons (Fsp3) is 0.533. The number of carboxylic acid groups (broad SMARTS) is 1. The van der Waals surface area contributed by atoms with Crippen molar-refractivity contribution in [1.29, 1.82) is 0 Å². The average Bonchev–Trinajstić information content (AvgIpc) is 2.79. The van der Waals surface area contributed by atoms with Gasteiger partial charge in [-0.2, -0.15) is 0 Å². The van der Waals surface area contributed by atoms with Crippen LogP contribution in [0.25, 0.3) is 0 Å². The van der Waals surface area contributed by atoms with Crippen LogP contribution in [0, 0.1) is 0 Å². The summed E-state index contributed by atoms with van der Waals surface area (Å²) in [6.07, 6.45) is 2.01. The average molecular weight is 341 g/mol. The zero-order valence-electron chi connectivity index (χ0n) is 12.0. The van der Waals surface area contributed by atoms with Gasteiger partial charge in [-0.3, -0.25) is 9.69 Å². The fourth-order valence-electron chi connectivity index (χ4n) is 2.81. The van der Waals surface area contributed by atoms with Crippen LogP contribution in [-0.2, 0) is 11.2 Å². The molecular weight excluding hydrogens is 320 g/mol. The van der Waals surface area contributed by atoms with E-state index in [9.17, 15) is 4.79 Å². The van der Waals surface area contributed by atoms with Gasteiger partial charge in [0.05, 0.1) is 6.54 Å². The molecule has 0 saturated heterocycles. The Kier molecular flexibility index (Phi) is 5.18. The van der Waals surface area contributed by atoms with Crippen LogP contribution in [0.15, 0.2) is 22.7 Å². The molecule has 1 aliphatic rings. The highest BCUT2D eigenvalue weighted by Crippen LogP contribution is 2.38. The second kappa shape index (κ2) is 6.70. The number of aliphatic carboxylic acids is 1. The fourth-order valence-corrected chi connectivity index (χ4v) is 3.39. The standard InChI is InChI=1S/C15H21BrN2O2/c1-17(2)8-9-18(10-15(19)20)14-7-6-11-12(14)4-3-5-13(11)16/h3-5,14H,6-10H2,1-2H3,(H,19,20). The molecular formula is C15H21BrN2O2. The Morgan fingerprint density at radius 1 is 1.40 bits per heavy atom. The summed E-state index contributed by atoms with van der Waals surface area (Å²) >= 11 is 3.59. The molecule has 1 aliphatic carbocycles. The Morgan fingerprint density at radius 3 is 2.80 bits per heavy atom. The molecule has 0 radical (unpaired) electrons. The van der Waals surface area contributed by atoms with Crippen molar-refractivity contribution in [3.8, 4) is 0 Å². The number of fused-ring (bicyclic) bond motifs is 1. The van der Waals surface area contributed by atoms with Gasteiger partial charge in [-0.25, -0.2) is 0 Å². The van der Waals surface area contributed by atoms with Gasteiger partial charge in [0, 0.05) is 23.6 Å². The molecule has 0 aliphatic heterocycles. The van der Waals surface area contributed by atoms with Crippen LogP contribution in [0.4, 0.5) is 0 Å². The Morgan fingerprint density at radius 2 is 2.15 bits per heavy atom. The Balaban J connectivity index is 2.18. The summed E-state index contributed by atoms with van der Waals surface area (Å²) < 4.78 is 1.14. The first-order valence-corrected chi connectivity index (χ1v) is 7.66. The number of nitrogens with zero attached hydrogens (tertiary/aromatic N) is 2. The maximum absolute atomic E-state index is 11.1. The van der Waals surface area contributed by atoms with Gasteiger partial charge in [0.15, 0.2) is 0 Å². The third-order valence-electron chi connectivity index (χ3n) is 3.80. The SMILES string of the molecule is CN(C)CCN(CC(=O)O)C1CCc2c(Br)cccc21. The molecule has 1 aromatic carbocycles. The maximum atomic E-state index is 11.1. The molecule has 20 heavy (non-hydrogen) atoms. The molecule has 1 N–H and O–H groups in total. The molecule has 0 heterocycles. The molecule has 1 atom stereocenters. The van der Waals surface area contributed by atoms with Crippen LogP contribution in [0.1, 0.15) is 23.6 Å². The lowest BCUT2D eigenvalue weighted by Gasteiger charge is -2.29. The Bertz CT molecular complexity index is 491. The summed E-state index contributed by atoms with van der Waals surface area (Å²) in [4.78, 5) is 15.3. The molecule has 0 amide bonds. The van der Waals surface area contributed by atoms with E-state index in [0.717, 1.165) is 30.4 Å². The number of hydrogen-bond donors (Lipinski definition) is 1. The van der Waals surface area contributed by atoms with Gasteiger partial charge in [-0.1, -0.05) is 28.1 Å². The molecule has 5 heteroatoms. The summed E-state index contributed by atoms with van der Waals surface area (Å²) in [6.45, 7) is 1.74. The minimum Gasteiger partial charge on any atom is -0.480 e. The number of carboxylic acids is 1. The molecule has 1 unspecified atom stereocenters. The largest absolute Gasteiger partial charge is 0.480 e. The molecule has 1 aromatic rings.